The number of aromatic nitrogens is 1. The molecule has 0 unspecified atom stereocenters. The van der Waals surface area contributed by atoms with E-state index in [4.69, 9.17) is 11.6 Å². The van der Waals surface area contributed by atoms with Gasteiger partial charge in [-0.3, -0.25) is 9.29 Å². The van der Waals surface area contributed by atoms with Gasteiger partial charge in [0.15, 0.2) is 0 Å². The molecule has 180 valence electrons. The topological polar surface area (TPSA) is 90.9 Å². The maximum atomic E-state index is 13.4. The van der Waals surface area contributed by atoms with E-state index >= 15 is 0 Å². The highest BCUT2D eigenvalue weighted by molar-refractivity contribution is 7.92. The second kappa shape index (κ2) is 8.67. The van der Waals surface area contributed by atoms with Crippen LogP contribution in [-0.4, -0.2) is 65.1 Å². The highest BCUT2D eigenvalue weighted by Gasteiger charge is 2.31. The van der Waals surface area contributed by atoms with Gasteiger partial charge in [-0.25, -0.2) is 16.8 Å². The Morgan fingerprint density at radius 3 is 2.38 bits per heavy atom. The number of hydrogen-bond acceptors (Lipinski definition) is 6. The third-order valence-electron chi connectivity index (χ3n) is 6.43. The van der Waals surface area contributed by atoms with Crippen molar-refractivity contribution < 1.29 is 16.8 Å². The highest BCUT2D eigenvalue weighted by atomic mass is 35.5. The number of anilines is 2. The summed E-state index contributed by atoms with van der Waals surface area (Å²) in [6.45, 7) is 2.22. The Bertz CT molecular complexity index is 1470. The number of halogens is 1. The molecule has 2 aliphatic rings. The average Bonchev–Trinajstić information content (AvgIpc) is 2.82. The molecule has 11 heteroatoms. The molecule has 2 aliphatic heterocycles. The Balaban J connectivity index is 1.36. The van der Waals surface area contributed by atoms with Gasteiger partial charge in [-0.1, -0.05) is 11.6 Å². The van der Waals surface area contributed by atoms with E-state index in [0.717, 1.165) is 22.2 Å². The molecule has 0 amide bonds. The molecule has 34 heavy (non-hydrogen) atoms. The Morgan fingerprint density at radius 1 is 0.882 bits per heavy atom. The van der Waals surface area contributed by atoms with E-state index in [1.54, 1.807) is 18.3 Å². The molecule has 5 rings (SSSR count). The Kier molecular flexibility index (Phi) is 5.96. The van der Waals surface area contributed by atoms with Crippen molar-refractivity contribution in [3.05, 3.63) is 59.2 Å². The standard InChI is InChI=1S/C23H25ClN4O4S2/c1-33(29,30)28-10-2-3-17-15-19(5-7-22(17)28)34(31,32)27-13-11-26(12-14-27)23-8-9-25-21-16-18(24)4-6-20(21)23/h4-9,15-16H,2-3,10-14H2,1H3. The van der Waals surface area contributed by atoms with Gasteiger partial charge in [0.2, 0.25) is 20.0 Å². The lowest BCUT2D eigenvalue weighted by molar-refractivity contribution is 0.385. The summed E-state index contributed by atoms with van der Waals surface area (Å²) in [6.07, 6.45) is 4.22. The highest BCUT2D eigenvalue weighted by Crippen LogP contribution is 2.33. The molecule has 0 spiro atoms. The zero-order valence-electron chi connectivity index (χ0n) is 18.7. The number of pyridine rings is 1. The fourth-order valence-corrected chi connectivity index (χ4v) is 7.38. The number of sulfonamides is 2. The summed E-state index contributed by atoms with van der Waals surface area (Å²) in [7, 11) is -7.10. The van der Waals surface area contributed by atoms with Gasteiger partial charge in [0.1, 0.15) is 0 Å². The van der Waals surface area contributed by atoms with E-state index in [2.05, 4.69) is 9.88 Å². The SMILES string of the molecule is CS(=O)(=O)N1CCCc2cc(S(=O)(=O)N3CCN(c4ccnc5cc(Cl)ccc45)CC3)ccc21. The Labute approximate surface area is 204 Å². The summed E-state index contributed by atoms with van der Waals surface area (Å²) >= 11 is 6.10. The zero-order chi connectivity index (χ0) is 24.1. The van der Waals surface area contributed by atoms with E-state index in [1.807, 2.05) is 24.3 Å². The molecule has 0 aliphatic carbocycles. The molecule has 0 bridgehead atoms. The normalized spacial score (nSPS) is 17.7. The van der Waals surface area contributed by atoms with Crippen molar-refractivity contribution in [2.24, 2.45) is 0 Å². The molecule has 3 heterocycles. The molecular formula is C23H25ClN4O4S2. The first-order valence-corrected chi connectivity index (χ1v) is 14.7. The van der Waals surface area contributed by atoms with Gasteiger partial charge in [-0.15, -0.1) is 0 Å². The maximum Gasteiger partial charge on any atom is 0.243 e. The Morgan fingerprint density at radius 2 is 1.65 bits per heavy atom. The molecule has 1 saturated heterocycles. The first-order valence-electron chi connectivity index (χ1n) is 11.0. The molecule has 0 N–H and O–H groups in total. The Hall–Kier alpha value is -2.40. The molecular weight excluding hydrogens is 496 g/mol. The molecule has 0 atom stereocenters. The maximum absolute atomic E-state index is 13.4. The molecule has 0 saturated carbocycles. The predicted octanol–water partition coefficient (Wildman–Crippen LogP) is 3.11. The van der Waals surface area contributed by atoms with Crippen LogP contribution >= 0.6 is 11.6 Å². The predicted molar refractivity (Wildman–Crippen MR) is 135 cm³/mol. The van der Waals surface area contributed by atoms with E-state index in [0.29, 0.717) is 56.3 Å². The van der Waals surface area contributed by atoms with Crippen LogP contribution in [-0.2, 0) is 26.5 Å². The number of aryl methyl sites for hydroxylation is 1. The fraction of sp³-hybridized carbons (Fsp3) is 0.348. The van der Waals surface area contributed by atoms with Crippen molar-refractivity contribution in [1.82, 2.24) is 9.29 Å². The van der Waals surface area contributed by atoms with Crippen molar-refractivity contribution >= 4 is 53.9 Å². The van der Waals surface area contributed by atoms with Crippen molar-refractivity contribution in [2.75, 3.05) is 48.2 Å². The smallest absolute Gasteiger partial charge is 0.243 e. The molecule has 1 fully saturated rings. The minimum atomic E-state index is -3.69. The zero-order valence-corrected chi connectivity index (χ0v) is 21.1. The summed E-state index contributed by atoms with van der Waals surface area (Å²) in [6, 6.07) is 12.3. The minimum Gasteiger partial charge on any atom is -0.368 e. The second-order valence-corrected chi connectivity index (χ2v) is 12.9. The third-order valence-corrected chi connectivity index (χ3v) is 9.74. The van der Waals surface area contributed by atoms with E-state index in [1.165, 1.54) is 20.9 Å². The summed E-state index contributed by atoms with van der Waals surface area (Å²) in [5.74, 6) is 0. The first-order chi connectivity index (χ1) is 16.1. The van der Waals surface area contributed by atoms with Crippen molar-refractivity contribution in [2.45, 2.75) is 17.7 Å². The molecule has 2 aromatic carbocycles. The molecule has 1 aromatic heterocycles. The third kappa shape index (κ3) is 4.24. The van der Waals surface area contributed by atoms with Crippen molar-refractivity contribution in [3.8, 4) is 0 Å². The van der Waals surface area contributed by atoms with Crippen LogP contribution in [0.2, 0.25) is 5.02 Å². The number of benzene rings is 2. The fourth-order valence-electron chi connectivity index (χ4n) is 4.74. The van der Waals surface area contributed by atoms with Gasteiger partial charge in [0, 0.05) is 55.0 Å². The van der Waals surface area contributed by atoms with Crippen LogP contribution in [0.1, 0.15) is 12.0 Å². The molecule has 8 nitrogen and oxygen atoms in total. The van der Waals surface area contributed by atoms with E-state index < -0.39 is 20.0 Å². The van der Waals surface area contributed by atoms with Crippen LogP contribution in [0.5, 0.6) is 0 Å². The van der Waals surface area contributed by atoms with Crippen molar-refractivity contribution in [3.63, 3.8) is 0 Å². The van der Waals surface area contributed by atoms with Gasteiger partial charge in [-0.2, -0.15) is 4.31 Å². The average molecular weight is 521 g/mol. The van der Waals surface area contributed by atoms with E-state index in [-0.39, 0.29) is 4.90 Å². The summed E-state index contributed by atoms with van der Waals surface area (Å²) in [5, 5.41) is 1.60. The van der Waals surface area contributed by atoms with Gasteiger partial charge in [0.05, 0.1) is 22.4 Å². The number of nitrogens with zero attached hydrogens (tertiary/aromatic N) is 4. The number of rotatable bonds is 4. The monoisotopic (exact) mass is 520 g/mol. The summed E-state index contributed by atoms with van der Waals surface area (Å²) in [4.78, 5) is 6.76. The molecule has 0 radical (unpaired) electrons. The minimum absolute atomic E-state index is 0.207. The number of hydrogen-bond donors (Lipinski definition) is 0. The van der Waals surface area contributed by atoms with Crippen molar-refractivity contribution in [1.29, 1.82) is 0 Å². The van der Waals surface area contributed by atoms with Crippen LogP contribution in [0.3, 0.4) is 0 Å². The summed E-state index contributed by atoms with van der Waals surface area (Å²) < 4.78 is 53.9. The number of piperazine rings is 1. The second-order valence-electron chi connectivity index (χ2n) is 8.61. The van der Waals surface area contributed by atoms with Crippen LogP contribution in [0, 0.1) is 0 Å². The van der Waals surface area contributed by atoms with Gasteiger partial charge in [0.25, 0.3) is 0 Å². The van der Waals surface area contributed by atoms with Gasteiger partial charge in [-0.05, 0) is 60.9 Å². The molecule has 3 aromatic rings. The first kappa shape index (κ1) is 23.3. The van der Waals surface area contributed by atoms with Crippen LogP contribution in [0.25, 0.3) is 10.9 Å². The number of fused-ring (bicyclic) bond motifs is 2. The van der Waals surface area contributed by atoms with Crippen LogP contribution < -0.4 is 9.21 Å². The van der Waals surface area contributed by atoms with E-state index in [9.17, 15) is 16.8 Å². The van der Waals surface area contributed by atoms with Gasteiger partial charge >= 0.3 is 0 Å². The lowest BCUT2D eigenvalue weighted by Crippen LogP contribution is -2.48. The van der Waals surface area contributed by atoms with Crippen LogP contribution in [0.15, 0.2) is 53.6 Å². The quantitative estimate of drug-likeness (QED) is 0.525. The lowest BCUT2D eigenvalue weighted by Gasteiger charge is -2.36. The largest absolute Gasteiger partial charge is 0.368 e. The van der Waals surface area contributed by atoms with Crippen LogP contribution in [0.4, 0.5) is 11.4 Å². The summed E-state index contributed by atoms with van der Waals surface area (Å²) in [5.41, 5.74) is 3.13. The van der Waals surface area contributed by atoms with Gasteiger partial charge < -0.3 is 4.90 Å². The lowest BCUT2D eigenvalue weighted by atomic mass is 10.0.